The van der Waals surface area contributed by atoms with Crippen LogP contribution in [0.2, 0.25) is 0 Å². The molecule has 0 saturated carbocycles. The first-order valence-electron chi connectivity index (χ1n) is 5.90. The number of methoxy groups -OCH3 is 1. The number of aromatic nitrogens is 2. The largest absolute Gasteiger partial charge is 0.383 e. The van der Waals surface area contributed by atoms with E-state index < -0.39 is 13.0 Å². The summed E-state index contributed by atoms with van der Waals surface area (Å²) < 4.78 is 34.9. The molecule has 20 heavy (non-hydrogen) atoms. The van der Waals surface area contributed by atoms with E-state index in [-0.39, 0.29) is 12.2 Å². The molecule has 0 aliphatic heterocycles. The lowest BCUT2D eigenvalue weighted by Gasteiger charge is -2.10. The van der Waals surface area contributed by atoms with Crippen LogP contribution in [0.4, 0.5) is 14.5 Å². The number of rotatable bonds is 9. The SMILES string of the molecule is COCCn1ncc(NCCOCC(F)F)c(Br)c1=O. The fourth-order valence-electron chi connectivity index (χ4n) is 1.36. The van der Waals surface area contributed by atoms with Crippen molar-refractivity contribution in [3.63, 3.8) is 0 Å². The van der Waals surface area contributed by atoms with Gasteiger partial charge >= 0.3 is 0 Å². The van der Waals surface area contributed by atoms with E-state index in [0.717, 1.165) is 0 Å². The Morgan fingerprint density at radius 1 is 1.50 bits per heavy atom. The number of ether oxygens (including phenoxy) is 2. The van der Waals surface area contributed by atoms with Crippen molar-refractivity contribution in [3.05, 3.63) is 21.0 Å². The molecule has 1 rings (SSSR count). The number of alkyl halides is 2. The summed E-state index contributed by atoms with van der Waals surface area (Å²) in [6, 6.07) is 0. The molecule has 0 unspecified atom stereocenters. The Bertz CT molecular complexity index is 471. The van der Waals surface area contributed by atoms with Gasteiger partial charge in [0.15, 0.2) is 0 Å². The first-order valence-corrected chi connectivity index (χ1v) is 6.70. The zero-order valence-corrected chi connectivity index (χ0v) is 12.5. The van der Waals surface area contributed by atoms with Crippen LogP contribution in [-0.2, 0) is 16.0 Å². The van der Waals surface area contributed by atoms with Gasteiger partial charge in [-0.15, -0.1) is 0 Å². The lowest BCUT2D eigenvalue weighted by Crippen LogP contribution is -2.26. The molecule has 1 aromatic rings. The van der Waals surface area contributed by atoms with Crippen LogP contribution in [0.3, 0.4) is 0 Å². The summed E-state index contributed by atoms with van der Waals surface area (Å²) in [5, 5.41) is 6.86. The van der Waals surface area contributed by atoms with Crippen molar-refractivity contribution in [2.24, 2.45) is 0 Å². The zero-order chi connectivity index (χ0) is 15.0. The number of hydrogen-bond donors (Lipinski definition) is 1. The molecule has 0 aliphatic rings. The van der Waals surface area contributed by atoms with Gasteiger partial charge in [0.25, 0.3) is 12.0 Å². The van der Waals surface area contributed by atoms with Crippen molar-refractivity contribution in [2.45, 2.75) is 13.0 Å². The molecule has 6 nitrogen and oxygen atoms in total. The maximum atomic E-state index is 11.9. The molecule has 9 heteroatoms. The molecule has 0 aromatic carbocycles. The third-order valence-corrected chi connectivity index (χ3v) is 3.06. The predicted octanol–water partition coefficient (Wildman–Crippen LogP) is 1.35. The van der Waals surface area contributed by atoms with Gasteiger partial charge in [-0.3, -0.25) is 4.79 Å². The molecule has 0 radical (unpaired) electrons. The van der Waals surface area contributed by atoms with Gasteiger partial charge in [-0.25, -0.2) is 13.5 Å². The third-order valence-electron chi connectivity index (χ3n) is 2.30. The highest BCUT2D eigenvalue weighted by molar-refractivity contribution is 9.10. The molecule has 0 fully saturated rings. The Morgan fingerprint density at radius 3 is 2.90 bits per heavy atom. The van der Waals surface area contributed by atoms with E-state index in [1.165, 1.54) is 18.0 Å². The van der Waals surface area contributed by atoms with Gasteiger partial charge in [-0.05, 0) is 15.9 Å². The molecule has 0 saturated heterocycles. The third kappa shape index (κ3) is 5.51. The summed E-state index contributed by atoms with van der Waals surface area (Å²) in [7, 11) is 1.54. The van der Waals surface area contributed by atoms with Crippen LogP contribution in [0.1, 0.15) is 0 Å². The van der Waals surface area contributed by atoms with Crippen molar-refractivity contribution in [1.82, 2.24) is 9.78 Å². The summed E-state index contributed by atoms with van der Waals surface area (Å²) in [5.41, 5.74) is 0.199. The number of halogens is 3. The van der Waals surface area contributed by atoms with E-state index in [0.29, 0.717) is 29.9 Å². The highest BCUT2D eigenvalue weighted by Crippen LogP contribution is 2.15. The van der Waals surface area contributed by atoms with Gasteiger partial charge in [0.1, 0.15) is 11.1 Å². The molecule has 114 valence electrons. The van der Waals surface area contributed by atoms with Gasteiger partial charge in [-0.2, -0.15) is 5.10 Å². The molecular formula is C11H16BrF2N3O3. The second kappa shape index (κ2) is 8.98. The van der Waals surface area contributed by atoms with Crippen molar-refractivity contribution in [1.29, 1.82) is 0 Å². The second-order valence-corrected chi connectivity index (χ2v) is 4.58. The number of nitrogens with zero attached hydrogens (tertiary/aromatic N) is 2. The van der Waals surface area contributed by atoms with Crippen molar-refractivity contribution >= 4 is 21.6 Å². The number of hydrogen-bond acceptors (Lipinski definition) is 5. The minimum absolute atomic E-state index is 0.115. The van der Waals surface area contributed by atoms with E-state index in [4.69, 9.17) is 9.47 Å². The molecule has 0 aliphatic carbocycles. The Balaban J connectivity index is 2.51. The van der Waals surface area contributed by atoms with Crippen LogP contribution in [0.5, 0.6) is 0 Å². The molecule has 1 N–H and O–H groups in total. The monoisotopic (exact) mass is 355 g/mol. The lowest BCUT2D eigenvalue weighted by atomic mass is 10.4. The second-order valence-electron chi connectivity index (χ2n) is 3.79. The van der Waals surface area contributed by atoms with Gasteiger partial charge in [0.2, 0.25) is 0 Å². The van der Waals surface area contributed by atoms with Crippen molar-refractivity contribution in [2.75, 3.05) is 38.8 Å². The van der Waals surface area contributed by atoms with Crippen LogP contribution >= 0.6 is 15.9 Å². The average Bonchev–Trinajstić information content (AvgIpc) is 2.41. The fraction of sp³-hybridized carbons (Fsp3) is 0.636. The Hall–Kier alpha value is -1.06. The minimum atomic E-state index is -2.48. The van der Waals surface area contributed by atoms with E-state index in [1.54, 1.807) is 0 Å². The minimum Gasteiger partial charge on any atom is -0.383 e. The lowest BCUT2D eigenvalue weighted by molar-refractivity contribution is 0.0215. The maximum Gasteiger partial charge on any atom is 0.283 e. The van der Waals surface area contributed by atoms with E-state index in [1.807, 2.05) is 0 Å². The van der Waals surface area contributed by atoms with Crippen LogP contribution in [0, 0.1) is 0 Å². The summed E-state index contributed by atoms with van der Waals surface area (Å²) in [6.07, 6.45) is -0.998. The fourth-order valence-corrected chi connectivity index (χ4v) is 1.80. The van der Waals surface area contributed by atoms with Crippen LogP contribution in [0.25, 0.3) is 0 Å². The van der Waals surface area contributed by atoms with Crippen LogP contribution in [0.15, 0.2) is 15.5 Å². The molecule has 0 bridgehead atoms. The quantitative estimate of drug-likeness (QED) is 0.677. The van der Waals surface area contributed by atoms with Crippen molar-refractivity contribution in [3.8, 4) is 0 Å². The van der Waals surface area contributed by atoms with E-state index in [9.17, 15) is 13.6 Å². The van der Waals surface area contributed by atoms with Crippen LogP contribution < -0.4 is 10.9 Å². The van der Waals surface area contributed by atoms with Gasteiger partial charge < -0.3 is 14.8 Å². The summed E-state index contributed by atoms with van der Waals surface area (Å²) in [4.78, 5) is 11.9. The molecule has 1 heterocycles. The molecule has 0 amide bonds. The molecule has 0 atom stereocenters. The Labute approximate surface area is 123 Å². The number of nitrogens with one attached hydrogen (secondary N) is 1. The molecular weight excluding hydrogens is 340 g/mol. The highest BCUT2D eigenvalue weighted by atomic mass is 79.9. The Morgan fingerprint density at radius 2 is 2.25 bits per heavy atom. The van der Waals surface area contributed by atoms with Gasteiger partial charge in [0, 0.05) is 13.7 Å². The van der Waals surface area contributed by atoms with Crippen LogP contribution in [-0.4, -0.2) is 49.7 Å². The standard InChI is InChI=1S/C11H16BrF2N3O3/c1-19-5-3-17-11(18)10(12)8(6-16-17)15-2-4-20-7-9(13)14/h6,9,15H,2-5,7H2,1H3. The molecule has 0 spiro atoms. The van der Waals surface area contributed by atoms with Gasteiger partial charge in [0.05, 0.1) is 31.6 Å². The first kappa shape index (κ1) is 17.0. The predicted molar refractivity (Wildman–Crippen MR) is 73.4 cm³/mol. The zero-order valence-electron chi connectivity index (χ0n) is 10.9. The Kier molecular flexibility index (Phi) is 7.63. The summed E-state index contributed by atoms with van der Waals surface area (Å²) >= 11 is 3.18. The summed E-state index contributed by atoms with van der Waals surface area (Å²) in [5.74, 6) is 0. The maximum absolute atomic E-state index is 11.9. The highest BCUT2D eigenvalue weighted by Gasteiger charge is 2.08. The molecule has 1 aromatic heterocycles. The average molecular weight is 356 g/mol. The van der Waals surface area contributed by atoms with E-state index in [2.05, 4.69) is 26.3 Å². The van der Waals surface area contributed by atoms with E-state index >= 15 is 0 Å². The summed E-state index contributed by atoms with van der Waals surface area (Å²) in [6.45, 7) is 0.553. The first-order chi connectivity index (χ1) is 9.56. The number of anilines is 1. The van der Waals surface area contributed by atoms with Crippen molar-refractivity contribution < 1.29 is 18.3 Å². The normalized spacial score (nSPS) is 11.1. The smallest absolute Gasteiger partial charge is 0.283 e. The topological polar surface area (TPSA) is 65.4 Å². The van der Waals surface area contributed by atoms with Gasteiger partial charge in [-0.1, -0.05) is 0 Å².